The minimum absolute atomic E-state index is 0.0645. The number of carbonyl (C=O) groups excluding carboxylic acids is 2. The van der Waals surface area contributed by atoms with E-state index in [0.29, 0.717) is 17.7 Å². The number of Topliss-reactive ketones (excluding diaryl/α,β-unsaturated/α-hetero) is 2. The van der Waals surface area contributed by atoms with E-state index in [9.17, 15) is 14.0 Å². The summed E-state index contributed by atoms with van der Waals surface area (Å²) in [5.41, 5.74) is 0.835. The number of benzene rings is 2. The zero-order valence-corrected chi connectivity index (χ0v) is 13.2. The summed E-state index contributed by atoms with van der Waals surface area (Å²) in [5, 5.41) is 0. The quantitative estimate of drug-likeness (QED) is 0.772. The second kappa shape index (κ2) is 6.96. The highest BCUT2D eigenvalue weighted by atomic mass is 32.2. The van der Waals surface area contributed by atoms with E-state index in [-0.39, 0.29) is 24.4 Å². The Balaban J connectivity index is 1.64. The van der Waals surface area contributed by atoms with Crippen LogP contribution >= 0.6 is 11.8 Å². The van der Waals surface area contributed by atoms with Gasteiger partial charge < -0.3 is 4.74 Å². The fourth-order valence-corrected chi connectivity index (χ4v) is 3.21. The van der Waals surface area contributed by atoms with Crippen molar-refractivity contribution in [3.63, 3.8) is 0 Å². The van der Waals surface area contributed by atoms with Gasteiger partial charge in [-0.15, -0.1) is 11.8 Å². The normalized spacial score (nSPS) is 13.1. The molecular formula is C18H15FO3S. The number of hydrogen-bond donors (Lipinski definition) is 0. The van der Waals surface area contributed by atoms with E-state index in [2.05, 4.69) is 0 Å². The van der Waals surface area contributed by atoms with Crippen LogP contribution in [0.4, 0.5) is 4.39 Å². The molecule has 0 spiro atoms. The fraction of sp³-hybridized carbons (Fsp3) is 0.222. The van der Waals surface area contributed by atoms with Crippen LogP contribution in [-0.4, -0.2) is 23.9 Å². The van der Waals surface area contributed by atoms with Crippen LogP contribution in [0.25, 0.3) is 0 Å². The van der Waals surface area contributed by atoms with Crippen LogP contribution in [0.1, 0.15) is 33.6 Å². The zero-order chi connectivity index (χ0) is 16.2. The first kappa shape index (κ1) is 15.7. The second-order valence-electron chi connectivity index (χ2n) is 5.22. The van der Waals surface area contributed by atoms with E-state index in [1.165, 1.54) is 18.2 Å². The molecule has 0 N–H and O–H groups in total. The summed E-state index contributed by atoms with van der Waals surface area (Å²) in [6, 6.07) is 10.9. The topological polar surface area (TPSA) is 43.4 Å². The van der Waals surface area contributed by atoms with E-state index >= 15 is 0 Å². The summed E-state index contributed by atoms with van der Waals surface area (Å²) in [5.74, 6) is 0.831. The highest BCUT2D eigenvalue weighted by Crippen LogP contribution is 2.34. The van der Waals surface area contributed by atoms with Gasteiger partial charge in [0.05, 0.1) is 6.61 Å². The van der Waals surface area contributed by atoms with Gasteiger partial charge in [-0.3, -0.25) is 9.59 Å². The summed E-state index contributed by atoms with van der Waals surface area (Å²) in [6.07, 6.45) is 0.163. The molecular weight excluding hydrogens is 315 g/mol. The average molecular weight is 330 g/mol. The molecule has 0 unspecified atom stereocenters. The molecule has 5 heteroatoms. The Morgan fingerprint density at radius 1 is 1.04 bits per heavy atom. The molecule has 0 saturated heterocycles. The van der Waals surface area contributed by atoms with E-state index in [4.69, 9.17) is 4.74 Å². The molecule has 0 bridgehead atoms. The number of ether oxygens (including phenoxy) is 1. The van der Waals surface area contributed by atoms with Gasteiger partial charge in [-0.05, 0) is 24.3 Å². The fourth-order valence-electron chi connectivity index (χ4n) is 2.39. The summed E-state index contributed by atoms with van der Waals surface area (Å²) in [6.45, 7) is 0.632. The minimum atomic E-state index is -0.452. The van der Waals surface area contributed by atoms with Crippen molar-refractivity contribution < 1.29 is 18.7 Å². The molecule has 23 heavy (non-hydrogen) atoms. The van der Waals surface area contributed by atoms with Gasteiger partial charge in [0.15, 0.2) is 11.6 Å². The Morgan fingerprint density at radius 2 is 1.78 bits per heavy atom. The number of halogens is 1. The highest BCUT2D eigenvalue weighted by Gasteiger charge is 2.16. The van der Waals surface area contributed by atoms with E-state index in [1.54, 1.807) is 30.0 Å². The predicted molar refractivity (Wildman–Crippen MR) is 87.0 cm³/mol. The van der Waals surface area contributed by atoms with Crippen molar-refractivity contribution in [3.8, 4) is 5.75 Å². The molecule has 0 atom stereocenters. The molecule has 0 radical (unpaired) electrons. The molecule has 1 aliphatic rings. The maximum absolute atomic E-state index is 13.1. The lowest BCUT2D eigenvalue weighted by atomic mass is 10.0. The van der Waals surface area contributed by atoms with Crippen molar-refractivity contribution in [2.75, 3.05) is 12.4 Å². The summed E-state index contributed by atoms with van der Waals surface area (Å²) >= 11 is 1.70. The molecule has 118 valence electrons. The molecule has 1 aliphatic heterocycles. The minimum Gasteiger partial charge on any atom is -0.492 e. The Hall–Kier alpha value is -2.14. The molecule has 0 aliphatic carbocycles. The molecule has 0 saturated carbocycles. The number of rotatable bonds is 5. The van der Waals surface area contributed by atoms with Crippen LogP contribution in [0, 0.1) is 5.82 Å². The maximum Gasteiger partial charge on any atom is 0.163 e. The summed E-state index contributed by atoms with van der Waals surface area (Å²) < 4.78 is 18.7. The van der Waals surface area contributed by atoms with Gasteiger partial charge in [0.25, 0.3) is 0 Å². The van der Waals surface area contributed by atoms with Crippen molar-refractivity contribution in [3.05, 3.63) is 59.4 Å². The zero-order valence-electron chi connectivity index (χ0n) is 12.4. The van der Waals surface area contributed by atoms with Crippen molar-refractivity contribution in [2.24, 2.45) is 0 Å². The molecule has 2 aromatic rings. The van der Waals surface area contributed by atoms with Crippen molar-refractivity contribution in [1.82, 2.24) is 0 Å². The van der Waals surface area contributed by atoms with Gasteiger partial charge in [-0.1, -0.05) is 18.2 Å². The predicted octanol–water partition coefficient (Wildman–Crippen LogP) is 4.16. The van der Waals surface area contributed by atoms with Crippen molar-refractivity contribution in [1.29, 1.82) is 0 Å². The first-order chi connectivity index (χ1) is 11.1. The second-order valence-corrected chi connectivity index (χ2v) is 6.35. The van der Waals surface area contributed by atoms with E-state index in [1.807, 2.05) is 6.07 Å². The Morgan fingerprint density at radius 3 is 2.52 bits per heavy atom. The maximum atomic E-state index is 13.1. The van der Waals surface area contributed by atoms with Crippen LogP contribution in [0.2, 0.25) is 0 Å². The van der Waals surface area contributed by atoms with Crippen LogP contribution in [0.15, 0.2) is 47.4 Å². The molecule has 0 fully saturated rings. The molecule has 3 rings (SSSR count). The number of ketones is 2. The number of fused-ring (bicyclic) bond motifs is 1. The highest BCUT2D eigenvalue weighted by molar-refractivity contribution is 7.99. The van der Waals surface area contributed by atoms with Gasteiger partial charge in [-0.2, -0.15) is 0 Å². The van der Waals surface area contributed by atoms with Gasteiger partial charge in [-0.25, -0.2) is 4.39 Å². The molecule has 0 amide bonds. The Bertz CT molecular complexity index is 758. The number of carbonyl (C=O) groups is 2. The third-order valence-corrected chi connectivity index (χ3v) is 4.61. The molecule has 0 aromatic heterocycles. The van der Waals surface area contributed by atoms with Crippen molar-refractivity contribution >= 4 is 23.3 Å². The Kier molecular flexibility index (Phi) is 4.76. The third-order valence-electron chi connectivity index (χ3n) is 3.59. The summed E-state index contributed by atoms with van der Waals surface area (Å²) in [4.78, 5) is 25.3. The lowest BCUT2D eigenvalue weighted by molar-refractivity contribution is 0.0917. The average Bonchev–Trinajstić information content (AvgIpc) is 2.59. The van der Waals surface area contributed by atoms with E-state index in [0.717, 1.165) is 16.4 Å². The first-order valence-corrected chi connectivity index (χ1v) is 8.33. The first-order valence-electron chi connectivity index (χ1n) is 7.35. The standard InChI is InChI=1S/C18H15FO3S/c19-14-3-1-2-12(10-14)15(20)5-6-16(21)13-4-7-18-17(11-13)22-8-9-23-18/h1-4,7,10-11H,5-6,8-9H2. The van der Waals surface area contributed by atoms with Crippen LogP contribution in [0.3, 0.4) is 0 Å². The lowest BCUT2D eigenvalue weighted by Crippen LogP contribution is -2.09. The van der Waals surface area contributed by atoms with Gasteiger partial charge in [0.2, 0.25) is 0 Å². The monoisotopic (exact) mass is 330 g/mol. The van der Waals surface area contributed by atoms with Gasteiger partial charge in [0.1, 0.15) is 11.6 Å². The summed E-state index contributed by atoms with van der Waals surface area (Å²) in [7, 11) is 0. The smallest absolute Gasteiger partial charge is 0.163 e. The SMILES string of the molecule is O=C(CCC(=O)c1ccc2c(c1)OCCS2)c1cccc(F)c1. The Labute approximate surface area is 137 Å². The van der Waals surface area contributed by atoms with Crippen LogP contribution in [0.5, 0.6) is 5.75 Å². The molecule has 3 nitrogen and oxygen atoms in total. The van der Waals surface area contributed by atoms with Crippen LogP contribution in [-0.2, 0) is 0 Å². The molecule has 2 aromatic carbocycles. The number of thioether (sulfide) groups is 1. The third kappa shape index (κ3) is 3.79. The van der Waals surface area contributed by atoms with Gasteiger partial charge in [0, 0.05) is 34.6 Å². The van der Waals surface area contributed by atoms with E-state index < -0.39 is 5.82 Å². The molecule has 1 heterocycles. The van der Waals surface area contributed by atoms with Gasteiger partial charge >= 0.3 is 0 Å². The van der Waals surface area contributed by atoms with Crippen molar-refractivity contribution in [2.45, 2.75) is 17.7 Å². The van der Waals surface area contributed by atoms with Crippen LogP contribution < -0.4 is 4.74 Å². The lowest BCUT2D eigenvalue weighted by Gasteiger charge is -2.17. The number of hydrogen-bond acceptors (Lipinski definition) is 4. The largest absolute Gasteiger partial charge is 0.492 e.